The van der Waals surface area contributed by atoms with Crippen LogP contribution in [0.5, 0.6) is 0 Å². The minimum absolute atomic E-state index is 0.684. The lowest BCUT2D eigenvalue weighted by molar-refractivity contribution is 0.0895. The number of rotatable bonds is 20. The summed E-state index contributed by atoms with van der Waals surface area (Å²) in [6.07, 6.45) is 11.5. The number of aryl methyl sites for hydroxylation is 1. The lowest BCUT2D eigenvalue weighted by Crippen LogP contribution is -2.32. The molecule has 0 aliphatic carbocycles. The Labute approximate surface area is 199 Å². The number of ether oxygens (including phenoxy) is 2. The van der Waals surface area contributed by atoms with Crippen LogP contribution in [0.15, 0.2) is 18.2 Å². The van der Waals surface area contributed by atoms with Gasteiger partial charge in [0.05, 0.1) is 13.2 Å². The van der Waals surface area contributed by atoms with Crippen LogP contribution < -0.4 is 10.6 Å². The van der Waals surface area contributed by atoms with Crippen molar-refractivity contribution >= 4 is 11.4 Å². The molecule has 0 aliphatic heterocycles. The summed E-state index contributed by atoms with van der Waals surface area (Å²) in [5, 5.41) is 0. The quantitative estimate of drug-likeness (QED) is 0.169. The summed E-state index contributed by atoms with van der Waals surface area (Å²) < 4.78 is 12.2. The van der Waals surface area contributed by atoms with Gasteiger partial charge in [-0.25, -0.2) is 0 Å². The first-order valence-corrected chi connectivity index (χ1v) is 13.3. The number of anilines is 2. The summed E-state index contributed by atoms with van der Waals surface area (Å²) in [5.74, 6) is 1.37. The highest BCUT2D eigenvalue weighted by molar-refractivity contribution is 5.58. The van der Waals surface area contributed by atoms with Crippen molar-refractivity contribution in [2.45, 2.75) is 92.4 Å². The fourth-order valence-corrected chi connectivity index (χ4v) is 4.06. The fraction of sp³-hybridized carbons (Fsp3) is 0.786. The molecule has 2 N–H and O–H groups in total. The number of hydrogen-bond acceptors (Lipinski definition) is 4. The van der Waals surface area contributed by atoms with Crippen LogP contribution in [0.3, 0.4) is 0 Å². The van der Waals surface area contributed by atoms with Crippen molar-refractivity contribution in [3.63, 3.8) is 0 Å². The molecule has 0 spiro atoms. The van der Waals surface area contributed by atoms with Crippen molar-refractivity contribution in [3.8, 4) is 0 Å². The Kier molecular flexibility index (Phi) is 16.4. The van der Waals surface area contributed by atoms with E-state index in [0.29, 0.717) is 11.8 Å². The molecule has 0 saturated carbocycles. The van der Waals surface area contributed by atoms with Crippen LogP contribution in [0.4, 0.5) is 11.4 Å². The molecule has 4 nitrogen and oxygen atoms in total. The van der Waals surface area contributed by atoms with Crippen LogP contribution in [-0.2, 0) is 9.47 Å². The molecule has 2 atom stereocenters. The second kappa shape index (κ2) is 18.2. The standard InChI is InChI=1S/C28H52N2O2/c1-6-10-12-14-26(9-4)23-32-20-18-30(27-15-16-28(29)24(5)21-27)17-19-31-22-25(8-3)13-11-7-2/h15-16,21,25-26H,6-14,17-20,22-23,29H2,1-5H3. The molecule has 1 aromatic rings. The van der Waals surface area contributed by atoms with E-state index in [4.69, 9.17) is 15.2 Å². The number of unbranched alkanes of at least 4 members (excludes halogenated alkanes) is 3. The Morgan fingerprint density at radius 3 is 1.88 bits per heavy atom. The predicted molar refractivity (Wildman–Crippen MR) is 141 cm³/mol. The molecule has 1 aromatic carbocycles. The average molecular weight is 449 g/mol. The minimum Gasteiger partial charge on any atom is -0.399 e. The minimum atomic E-state index is 0.684. The molecular formula is C28H52N2O2. The van der Waals surface area contributed by atoms with Crippen LogP contribution in [0.25, 0.3) is 0 Å². The van der Waals surface area contributed by atoms with E-state index in [1.807, 2.05) is 6.07 Å². The van der Waals surface area contributed by atoms with Gasteiger partial charge in [-0.3, -0.25) is 0 Å². The zero-order chi connectivity index (χ0) is 23.6. The van der Waals surface area contributed by atoms with Crippen LogP contribution in [0.1, 0.15) is 91.0 Å². The first kappa shape index (κ1) is 28.8. The highest BCUT2D eigenvalue weighted by Crippen LogP contribution is 2.21. The molecule has 4 heteroatoms. The SMILES string of the molecule is CCCCCC(CC)COCCN(CCOCC(CC)CCCC)c1ccc(N)c(C)c1. The normalized spacial score (nSPS) is 13.3. The van der Waals surface area contributed by atoms with E-state index in [2.05, 4.69) is 51.7 Å². The maximum Gasteiger partial charge on any atom is 0.0641 e. The van der Waals surface area contributed by atoms with Crippen molar-refractivity contribution in [3.05, 3.63) is 23.8 Å². The Bertz CT molecular complexity index is 579. The Morgan fingerprint density at radius 1 is 0.812 bits per heavy atom. The van der Waals surface area contributed by atoms with Gasteiger partial charge in [0.2, 0.25) is 0 Å². The monoisotopic (exact) mass is 448 g/mol. The Hall–Kier alpha value is -1.26. The van der Waals surface area contributed by atoms with Gasteiger partial charge >= 0.3 is 0 Å². The first-order valence-electron chi connectivity index (χ1n) is 13.3. The molecule has 2 unspecified atom stereocenters. The number of nitrogen functional groups attached to an aromatic ring is 1. The van der Waals surface area contributed by atoms with Gasteiger partial charge in [-0.2, -0.15) is 0 Å². The average Bonchev–Trinajstić information content (AvgIpc) is 2.80. The molecule has 0 bridgehead atoms. The number of nitrogens with two attached hydrogens (primary N) is 1. The highest BCUT2D eigenvalue weighted by Gasteiger charge is 2.11. The zero-order valence-corrected chi connectivity index (χ0v) is 21.8. The van der Waals surface area contributed by atoms with Crippen molar-refractivity contribution in [1.29, 1.82) is 0 Å². The number of nitrogens with zero attached hydrogens (tertiary/aromatic N) is 1. The molecule has 32 heavy (non-hydrogen) atoms. The van der Waals surface area contributed by atoms with E-state index in [0.717, 1.165) is 50.8 Å². The van der Waals surface area contributed by atoms with Gasteiger partial charge in [-0.05, 0) is 55.4 Å². The molecule has 0 aromatic heterocycles. The van der Waals surface area contributed by atoms with Crippen LogP contribution in [0.2, 0.25) is 0 Å². The lowest BCUT2D eigenvalue weighted by Gasteiger charge is -2.26. The van der Waals surface area contributed by atoms with E-state index < -0.39 is 0 Å². The zero-order valence-electron chi connectivity index (χ0n) is 21.8. The van der Waals surface area contributed by atoms with Crippen LogP contribution in [0, 0.1) is 18.8 Å². The summed E-state index contributed by atoms with van der Waals surface area (Å²) in [4.78, 5) is 2.39. The molecule has 0 radical (unpaired) electrons. The molecule has 1 rings (SSSR count). The van der Waals surface area contributed by atoms with Gasteiger partial charge in [0.15, 0.2) is 0 Å². The van der Waals surface area contributed by atoms with Crippen LogP contribution in [-0.4, -0.2) is 39.5 Å². The molecule has 0 amide bonds. The fourth-order valence-electron chi connectivity index (χ4n) is 4.06. The second-order valence-electron chi connectivity index (χ2n) is 9.36. The molecule has 0 heterocycles. The topological polar surface area (TPSA) is 47.7 Å². The van der Waals surface area contributed by atoms with Gasteiger partial charge in [0.1, 0.15) is 0 Å². The molecule has 186 valence electrons. The van der Waals surface area contributed by atoms with E-state index in [9.17, 15) is 0 Å². The van der Waals surface area contributed by atoms with Gasteiger partial charge in [0, 0.05) is 37.7 Å². The van der Waals surface area contributed by atoms with E-state index in [1.54, 1.807) is 0 Å². The summed E-state index contributed by atoms with van der Waals surface area (Å²) in [7, 11) is 0. The second-order valence-corrected chi connectivity index (χ2v) is 9.36. The largest absolute Gasteiger partial charge is 0.399 e. The third-order valence-electron chi connectivity index (χ3n) is 6.67. The maximum absolute atomic E-state index is 6.12. The van der Waals surface area contributed by atoms with Crippen molar-refractivity contribution < 1.29 is 9.47 Å². The van der Waals surface area contributed by atoms with E-state index >= 15 is 0 Å². The van der Waals surface area contributed by atoms with Gasteiger partial charge in [-0.15, -0.1) is 0 Å². The lowest BCUT2D eigenvalue weighted by atomic mass is 10.00. The maximum atomic E-state index is 6.12. The Balaban J connectivity index is 2.53. The van der Waals surface area contributed by atoms with Crippen molar-refractivity contribution in [2.24, 2.45) is 11.8 Å². The third-order valence-corrected chi connectivity index (χ3v) is 6.67. The van der Waals surface area contributed by atoms with Crippen LogP contribution >= 0.6 is 0 Å². The number of hydrogen-bond donors (Lipinski definition) is 1. The Morgan fingerprint density at radius 2 is 1.38 bits per heavy atom. The third kappa shape index (κ3) is 12.1. The first-order chi connectivity index (χ1) is 15.5. The van der Waals surface area contributed by atoms with Gasteiger partial charge < -0.3 is 20.1 Å². The molecule has 0 saturated heterocycles. The summed E-state index contributed by atoms with van der Waals surface area (Å²) >= 11 is 0. The smallest absolute Gasteiger partial charge is 0.0641 e. The van der Waals surface area contributed by atoms with E-state index in [-0.39, 0.29) is 0 Å². The van der Waals surface area contributed by atoms with Gasteiger partial charge in [0.25, 0.3) is 0 Å². The van der Waals surface area contributed by atoms with Crippen molar-refractivity contribution in [1.82, 2.24) is 0 Å². The summed E-state index contributed by atoms with van der Waals surface area (Å²) in [6, 6.07) is 6.32. The predicted octanol–water partition coefficient (Wildman–Crippen LogP) is 7.24. The summed E-state index contributed by atoms with van der Waals surface area (Å²) in [6.45, 7) is 16.2. The van der Waals surface area contributed by atoms with Crippen molar-refractivity contribution in [2.75, 3.05) is 50.2 Å². The molecule has 0 aliphatic rings. The molecule has 0 fully saturated rings. The number of benzene rings is 1. The molecular weight excluding hydrogens is 396 g/mol. The van der Waals surface area contributed by atoms with E-state index in [1.165, 1.54) is 63.5 Å². The highest BCUT2D eigenvalue weighted by atomic mass is 16.5. The van der Waals surface area contributed by atoms with Gasteiger partial charge in [-0.1, -0.05) is 72.6 Å². The summed E-state index contributed by atoms with van der Waals surface area (Å²) in [5.41, 5.74) is 9.23.